The highest BCUT2D eigenvalue weighted by molar-refractivity contribution is 7.71. The molecule has 1 aromatic heterocycles. The lowest BCUT2D eigenvalue weighted by Gasteiger charge is -2.20. The van der Waals surface area contributed by atoms with Gasteiger partial charge in [-0.05, 0) is 30.4 Å². The van der Waals surface area contributed by atoms with Gasteiger partial charge >= 0.3 is 0 Å². The average Bonchev–Trinajstić information content (AvgIpc) is 2.92. The second kappa shape index (κ2) is 5.03. The fourth-order valence-electron chi connectivity index (χ4n) is 2.75. The summed E-state index contributed by atoms with van der Waals surface area (Å²) in [4.78, 5) is 3.26. The van der Waals surface area contributed by atoms with Crippen LogP contribution in [0.4, 0.5) is 0 Å². The summed E-state index contributed by atoms with van der Waals surface area (Å²) in [6.45, 7) is 0.541. The highest BCUT2D eigenvalue weighted by Crippen LogP contribution is 2.37. The number of hydrogen-bond donors (Lipinski definition) is 1. The number of aromatic amines is 1. The molecule has 1 N–H and O–H groups in total. The van der Waals surface area contributed by atoms with Gasteiger partial charge in [0.15, 0.2) is 4.77 Å². The molecule has 4 nitrogen and oxygen atoms in total. The summed E-state index contributed by atoms with van der Waals surface area (Å²) in [6, 6.07) is 16.0. The zero-order chi connectivity index (χ0) is 15.1. The van der Waals surface area contributed by atoms with Crippen molar-refractivity contribution in [3.05, 3.63) is 58.9 Å². The van der Waals surface area contributed by atoms with Crippen molar-refractivity contribution < 1.29 is 9.47 Å². The first-order chi connectivity index (χ1) is 10.8. The van der Waals surface area contributed by atoms with Gasteiger partial charge in [-0.3, -0.25) is 4.57 Å². The van der Waals surface area contributed by atoms with E-state index in [0.717, 1.165) is 34.1 Å². The minimum absolute atomic E-state index is 0.541. The number of nitrogens with zero attached hydrogens (tertiary/aromatic N) is 1. The maximum Gasteiger partial charge on any atom is 0.225 e. The van der Waals surface area contributed by atoms with Crippen molar-refractivity contribution in [1.29, 1.82) is 0 Å². The van der Waals surface area contributed by atoms with E-state index in [0.29, 0.717) is 11.4 Å². The summed E-state index contributed by atoms with van der Waals surface area (Å²) in [5.74, 6) is 1.55. The molecule has 1 aliphatic rings. The molecule has 0 atom stereocenters. The number of H-pyrrole nitrogens is 1. The van der Waals surface area contributed by atoms with Crippen LogP contribution in [0.5, 0.6) is 11.6 Å². The molecular weight excluding hydrogens is 296 g/mol. The Bertz CT molecular complexity index is 911. The van der Waals surface area contributed by atoms with Crippen LogP contribution in [0.2, 0.25) is 0 Å². The van der Waals surface area contributed by atoms with Crippen molar-refractivity contribution in [2.45, 2.75) is 6.61 Å². The molecule has 0 fully saturated rings. The first-order valence-electron chi connectivity index (χ1n) is 6.98. The first kappa shape index (κ1) is 13.2. The lowest BCUT2D eigenvalue weighted by atomic mass is 10.1. The summed E-state index contributed by atoms with van der Waals surface area (Å²) in [7, 11) is 1.66. The Morgan fingerprint density at radius 2 is 2.05 bits per heavy atom. The monoisotopic (exact) mass is 310 g/mol. The number of imidazole rings is 1. The van der Waals surface area contributed by atoms with E-state index in [1.54, 1.807) is 7.11 Å². The van der Waals surface area contributed by atoms with Gasteiger partial charge in [-0.1, -0.05) is 30.3 Å². The van der Waals surface area contributed by atoms with Crippen molar-refractivity contribution in [1.82, 2.24) is 9.55 Å². The van der Waals surface area contributed by atoms with Gasteiger partial charge in [0.2, 0.25) is 5.88 Å². The Kier molecular flexibility index (Phi) is 3.01. The number of aromatic nitrogens is 2. The van der Waals surface area contributed by atoms with Crippen LogP contribution in [-0.4, -0.2) is 16.7 Å². The number of para-hydroxylation sites is 1. The molecule has 0 unspecified atom stereocenters. The van der Waals surface area contributed by atoms with Crippen LogP contribution in [0, 0.1) is 4.77 Å². The van der Waals surface area contributed by atoms with Crippen LogP contribution < -0.4 is 9.47 Å². The number of rotatable bonds is 2. The van der Waals surface area contributed by atoms with Crippen molar-refractivity contribution in [2.24, 2.45) is 0 Å². The van der Waals surface area contributed by atoms with Gasteiger partial charge in [0, 0.05) is 11.1 Å². The van der Waals surface area contributed by atoms with Gasteiger partial charge in [-0.2, -0.15) is 0 Å². The Morgan fingerprint density at radius 1 is 1.18 bits per heavy atom. The Hall–Kier alpha value is -2.53. The van der Waals surface area contributed by atoms with Crippen LogP contribution in [0.25, 0.3) is 16.9 Å². The average molecular weight is 310 g/mol. The van der Waals surface area contributed by atoms with E-state index in [1.165, 1.54) is 0 Å². The zero-order valence-corrected chi connectivity index (χ0v) is 12.8. The van der Waals surface area contributed by atoms with E-state index in [2.05, 4.69) is 17.1 Å². The molecule has 4 rings (SSSR count). The Labute approximate surface area is 132 Å². The Morgan fingerprint density at radius 3 is 2.91 bits per heavy atom. The number of methoxy groups -OCH3 is 1. The van der Waals surface area contributed by atoms with E-state index in [-0.39, 0.29) is 0 Å². The summed E-state index contributed by atoms with van der Waals surface area (Å²) < 4.78 is 13.8. The molecule has 110 valence electrons. The molecule has 0 spiro atoms. The number of ether oxygens (including phenoxy) is 2. The minimum Gasteiger partial charge on any atom is -0.497 e. The van der Waals surface area contributed by atoms with E-state index in [4.69, 9.17) is 21.7 Å². The SMILES string of the molecule is COc1cccc(-c2[nH]c(=S)n3c2OCc2ccccc2-3)c1. The molecule has 3 aromatic rings. The summed E-state index contributed by atoms with van der Waals surface area (Å²) >= 11 is 5.49. The molecular formula is C17H14N2O2S. The predicted octanol–water partition coefficient (Wildman–Crippen LogP) is 4.10. The van der Waals surface area contributed by atoms with Crippen LogP contribution >= 0.6 is 12.2 Å². The molecule has 0 saturated heterocycles. The van der Waals surface area contributed by atoms with E-state index in [9.17, 15) is 0 Å². The first-order valence-corrected chi connectivity index (χ1v) is 7.39. The highest BCUT2D eigenvalue weighted by atomic mass is 32.1. The van der Waals surface area contributed by atoms with Crippen molar-refractivity contribution in [3.63, 3.8) is 0 Å². The van der Waals surface area contributed by atoms with Crippen molar-refractivity contribution in [2.75, 3.05) is 7.11 Å². The zero-order valence-electron chi connectivity index (χ0n) is 12.0. The second-order valence-electron chi connectivity index (χ2n) is 5.10. The normalized spacial score (nSPS) is 12.2. The number of benzene rings is 2. The van der Waals surface area contributed by atoms with Crippen LogP contribution in [0.15, 0.2) is 48.5 Å². The summed E-state index contributed by atoms with van der Waals surface area (Å²) in [5, 5.41) is 0. The van der Waals surface area contributed by atoms with Crippen molar-refractivity contribution in [3.8, 4) is 28.6 Å². The summed E-state index contributed by atoms with van der Waals surface area (Å²) in [5.41, 5.74) is 4.05. The molecule has 2 aromatic carbocycles. The molecule has 0 aliphatic carbocycles. The second-order valence-corrected chi connectivity index (χ2v) is 5.48. The van der Waals surface area contributed by atoms with Crippen molar-refractivity contribution >= 4 is 12.2 Å². The van der Waals surface area contributed by atoms with Gasteiger partial charge in [-0.25, -0.2) is 0 Å². The highest BCUT2D eigenvalue weighted by Gasteiger charge is 2.22. The summed E-state index contributed by atoms with van der Waals surface area (Å²) in [6.07, 6.45) is 0. The molecule has 22 heavy (non-hydrogen) atoms. The van der Waals surface area contributed by atoms with Gasteiger partial charge in [0.1, 0.15) is 18.1 Å². The molecule has 0 saturated carbocycles. The quantitative estimate of drug-likeness (QED) is 0.724. The third-order valence-electron chi connectivity index (χ3n) is 3.81. The van der Waals surface area contributed by atoms with E-state index >= 15 is 0 Å². The lowest BCUT2D eigenvalue weighted by Crippen LogP contribution is -2.12. The topological polar surface area (TPSA) is 39.2 Å². The third-order valence-corrected chi connectivity index (χ3v) is 4.09. The van der Waals surface area contributed by atoms with Gasteiger partial charge in [0.05, 0.1) is 12.8 Å². The van der Waals surface area contributed by atoms with Gasteiger partial charge in [0.25, 0.3) is 0 Å². The molecule has 5 heteroatoms. The van der Waals surface area contributed by atoms with Gasteiger partial charge in [-0.15, -0.1) is 0 Å². The van der Waals surface area contributed by atoms with E-state index < -0.39 is 0 Å². The molecule has 0 radical (unpaired) electrons. The number of nitrogens with one attached hydrogen (secondary N) is 1. The lowest BCUT2D eigenvalue weighted by molar-refractivity contribution is 0.277. The maximum absolute atomic E-state index is 5.95. The maximum atomic E-state index is 5.95. The number of hydrogen-bond acceptors (Lipinski definition) is 3. The number of fused-ring (bicyclic) bond motifs is 3. The predicted molar refractivity (Wildman–Crippen MR) is 87.3 cm³/mol. The standard InChI is InChI=1S/C17H14N2O2S/c1-20-13-7-4-6-11(9-13)15-16-19(17(22)18-15)14-8-3-2-5-12(14)10-21-16/h2-9H,10H2,1H3,(H,18,22). The van der Waals surface area contributed by atoms with Crippen LogP contribution in [-0.2, 0) is 6.61 Å². The fourth-order valence-corrected chi connectivity index (χ4v) is 3.03. The van der Waals surface area contributed by atoms with Crippen LogP contribution in [0.3, 0.4) is 0 Å². The smallest absolute Gasteiger partial charge is 0.225 e. The van der Waals surface area contributed by atoms with E-state index in [1.807, 2.05) is 41.0 Å². The third kappa shape index (κ3) is 1.94. The molecule has 2 heterocycles. The fraction of sp³-hybridized carbons (Fsp3) is 0.118. The van der Waals surface area contributed by atoms with Gasteiger partial charge < -0.3 is 14.5 Å². The largest absolute Gasteiger partial charge is 0.497 e. The Balaban J connectivity index is 1.94. The molecule has 1 aliphatic heterocycles. The molecule has 0 amide bonds. The molecule has 0 bridgehead atoms. The minimum atomic E-state index is 0.541. The van der Waals surface area contributed by atoms with Crippen LogP contribution in [0.1, 0.15) is 5.56 Å².